The van der Waals surface area contributed by atoms with Crippen LogP contribution in [0.3, 0.4) is 0 Å². The second-order valence-corrected chi connectivity index (χ2v) is 16.4. The van der Waals surface area contributed by atoms with Crippen molar-refractivity contribution in [2.24, 2.45) is 0 Å². The van der Waals surface area contributed by atoms with Crippen molar-refractivity contribution in [3.8, 4) is 0 Å². The molecule has 0 radical (unpaired) electrons. The lowest BCUT2D eigenvalue weighted by Gasteiger charge is -2.35. The Morgan fingerprint density at radius 1 is 0.515 bits per heavy atom. The molecular formula is C25H32F6P2. The summed E-state index contributed by atoms with van der Waals surface area (Å²) in [6.45, 7) is 12.7. The lowest BCUT2D eigenvalue weighted by molar-refractivity contribution is -0.138. The van der Waals surface area contributed by atoms with E-state index in [2.05, 4.69) is 41.5 Å². The standard InChI is InChI=1S/C25H32F6P2/c1-22(2,3)32(20-12-8-18(9-13-20)24(26,27)28)16-7-17-33(23(4,5)6)21-14-10-19(11-15-21)25(29,30)31/h8-15H,7,16-17H2,1-6H3. The molecule has 0 aliphatic heterocycles. The summed E-state index contributed by atoms with van der Waals surface area (Å²) in [4.78, 5) is 0. The maximum atomic E-state index is 13.0. The first kappa shape index (κ1) is 28.1. The number of rotatable bonds is 6. The summed E-state index contributed by atoms with van der Waals surface area (Å²) >= 11 is 0. The smallest absolute Gasteiger partial charge is 0.166 e. The zero-order valence-corrected chi connectivity index (χ0v) is 21.7. The number of halogens is 6. The van der Waals surface area contributed by atoms with E-state index in [1.54, 1.807) is 24.3 Å². The average molecular weight is 508 g/mol. The van der Waals surface area contributed by atoms with Crippen molar-refractivity contribution in [2.45, 2.75) is 70.6 Å². The first-order valence-corrected chi connectivity index (χ1v) is 13.9. The van der Waals surface area contributed by atoms with Gasteiger partial charge in [0.05, 0.1) is 11.1 Å². The third-order valence-electron chi connectivity index (χ3n) is 5.40. The fourth-order valence-electron chi connectivity index (χ4n) is 3.75. The fraction of sp³-hybridized carbons (Fsp3) is 0.520. The van der Waals surface area contributed by atoms with E-state index in [-0.39, 0.29) is 10.3 Å². The highest BCUT2D eigenvalue weighted by molar-refractivity contribution is 7.68. The van der Waals surface area contributed by atoms with Gasteiger partial charge in [0, 0.05) is 0 Å². The fourth-order valence-corrected chi connectivity index (χ4v) is 9.37. The van der Waals surface area contributed by atoms with Gasteiger partial charge in [-0.1, -0.05) is 81.7 Å². The number of alkyl halides is 6. The van der Waals surface area contributed by atoms with Crippen molar-refractivity contribution in [1.82, 2.24) is 0 Å². The first-order chi connectivity index (χ1) is 14.9. The first-order valence-electron chi connectivity index (χ1n) is 10.8. The Balaban J connectivity index is 2.19. The number of hydrogen-bond donors (Lipinski definition) is 0. The second-order valence-electron chi connectivity index (χ2n) is 10.1. The van der Waals surface area contributed by atoms with Crippen LogP contribution in [0.5, 0.6) is 0 Å². The molecule has 2 rings (SSSR count). The highest BCUT2D eigenvalue weighted by atomic mass is 31.1. The molecule has 2 unspecified atom stereocenters. The van der Waals surface area contributed by atoms with Gasteiger partial charge in [0.1, 0.15) is 0 Å². The van der Waals surface area contributed by atoms with E-state index in [0.717, 1.165) is 53.6 Å². The summed E-state index contributed by atoms with van der Waals surface area (Å²) in [5.41, 5.74) is -1.29. The van der Waals surface area contributed by atoms with Crippen LogP contribution in [0.1, 0.15) is 59.1 Å². The Morgan fingerprint density at radius 3 is 1.00 bits per heavy atom. The van der Waals surface area contributed by atoms with Crippen molar-refractivity contribution in [3.05, 3.63) is 59.7 Å². The molecule has 0 heterocycles. The molecule has 0 nitrogen and oxygen atoms in total. The largest absolute Gasteiger partial charge is 0.416 e. The Kier molecular flexibility index (Phi) is 8.73. The third kappa shape index (κ3) is 7.96. The van der Waals surface area contributed by atoms with Crippen molar-refractivity contribution < 1.29 is 26.3 Å². The Hall–Kier alpha value is -1.12. The SMILES string of the molecule is CC(C)(C)P(CCCP(c1ccc(C(F)(F)F)cc1)C(C)(C)C)c1ccc(C(F)(F)F)cc1. The second kappa shape index (κ2) is 10.2. The predicted molar refractivity (Wildman–Crippen MR) is 130 cm³/mol. The molecule has 0 aromatic heterocycles. The van der Waals surface area contributed by atoms with E-state index >= 15 is 0 Å². The van der Waals surface area contributed by atoms with Gasteiger partial charge in [-0.3, -0.25) is 0 Å². The van der Waals surface area contributed by atoms with Crippen molar-refractivity contribution in [2.75, 3.05) is 12.3 Å². The summed E-state index contributed by atoms with van der Waals surface area (Å²) in [7, 11) is -1.41. The molecule has 2 aromatic carbocycles. The van der Waals surface area contributed by atoms with Crippen LogP contribution in [0.2, 0.25) is 0 Å². The molecule has 2 aromatic rings. The molecule has 33 heavy (non-hydrogen) atoms. The highest BCUT2D eigenvalue weighted by Gasteiger charge is 2.33. The lowest BCUT2D eigenvalue weighted by Crippen LogP contribution is -2.24. The van der Waals surface area contributed by atoms with Gasteiger partial charge >= 0.3 is 12.4 Å². The molecule has 184 valence electrons. The molecule has 0 aliphatic rings. The topological polar surface area (TPSA) is 0 Å². The molecule has 0 saturated carbocycles. The van der Waals surface area contributed by atoms with E-state index in [4.69, 9.17) is 0 Å². The van der Waals surface area contributed by atoms with Crippen molar-refractivity contribution >= 4 is 26.5 Å². The highest BCUT2D eigenvalue weighted by Crippen LogP contribution is 2.53. The minimum Gasteiger partial charge on any atom is -0.166 e. The monoisotopic (exact) mass is 508 g/mol. The summed E-state index contributed by atoms with van der Waals surface area (Å²) in [5.74, 6) is 0. The Morgan fingerprint density at radius 2 is 0.788 bits per heavy atom. The van der Waals surface area contributed by atoms with E-state index in [0.29, 0.717) is 0 Å². The average Bonchev–Trinajstić information content (AvgIpc) is 2.65. The maximum absolute atomic E-state index is 13.0. The zero-order valence-electron chi connectivity index (χ0n) is 19.9. The zero-order chi connectivity index (χ0) is 25.2. The molecule has 0 N–H and O–H groups in total. The quantitative estimate of drug-likeness (QED) is 0.271. The van der Waals surface area contributed by atoms with E-state index < -0.39 is 39.3 Å². The van der Waals surface area contributed by atoms with Crippen LogP contribution < -0.4 is 10.6 Å². The molecule has 0 spiro atoms. The Bertz CT molecular complexity index is 810. The minimum atomic E-state index is -4.35. The maximum Gasteiger partial charge on any atom is 0.416 e. The number of benzene rings is 2. The van der Waals surface area contributed by atoms with Crippen molar-refractivity contribution in [1.29, 1.82) is 0 Å². The van der Waals surface area contributed by atoms with Gasteiger partial charge in [0.25, 0.3) is 0 Å². The van der Waals surface area contributed by atoms with Crippen LogP contribution in [-0.2, 0) is 12.4 Å². The van der Waals surface area contributed by atoms with Crippen LogP contribution in [0.25, 0.3) is 0 Å². The molecule has 0 saturated heterocycles. The summed E-state index contributed by atoms with van der Waals surface area (Å²) in [5, 5.41) is 1.74. The van der Waals surface area contributed by atoms with Gasteiger partial charge in [-0.2, -0.15) is 26.3 Å². The number of hydrogen-bond acceptors (Lipinski definition) is 0. The summed E-state index contributed by atoms with van der Waals surface area (Å²) in [6, 6.07) is 11.0. The van der Waals surface area contributed by atoms with Gasteiger partial charge in [-0.15, -0.1) is 0 Å². The van der Waals surface area contributed by atoms with Gasteiger partial charge in [0.15, 0.2) is 0 Å². The summed E-state index contributed by atoms with van der Waals surface area (Å²) < 4.78 is 77.7. The van der Waals surface area contributed by atoms with E-state index in [1.165, 1.54) is 0 Å². The van der Waals surface area contributed by atoms with E-state index in [9.17, 15) is 26.3 Å². The van der Waals surface area contributed by atoms with Crippen LogP contribution in [0, 0.1) is 0 Å². The van der Waals surface area contributed by atoms with Crippen molar-refractivity contribution in [3.63, 3.8) is 0 Å². The molecule has 8 heteroatoms. The van der Waals surface area contributed by atoms with Gasteiger partial charge in [-0.25, -0.2) is 0 Å². The lowest BCUT2D eigenvalue weighted by atomic mass is 10.2. The van der Waals surface area contributed by atoms with Gasteiger partial charge in [-0.05, 0) is 63.9 Å². The molecule has 0 aliphatic carbocycles. The molecule has 0 amide bonds. The normalized spacial score (nSPS) is 15.4. The Labute approximate surface area is 195 Å². The molecule has 0 bridgehead atoms. The molecular weight excluding hydrogens is 476 g/mol. The third-order valence-corrected chi connectivity index (χ3v) is 12.0. The van der Waals surface area contributed by atoms with Gasteiger partial charge in [0.2, 0.25) is 0 Å². The van der Waals surface area contributed by atoms with Crippen LogP contribution in [0.15, 0.2) is 48.5 Å². The molecule has 2 atom stereocenters. The summed E-state index contributed by atoms with van der Waals surface area (Å²) in [6.07, 6.45) is -6.12. The minimum absolute atomic E-state index is 0.0755. The van der Waals surface area contributed by atoms with Crippen LogP contribution in [0.4, 0.5) is 26.3 Å². The van der Waals surface area contributed by atoms with Crippen LogP contribution in [-0.4, -0.2) is 22.6 Å². The van der Waals surface area contributed by atoms with E-state index in [1.807, 2.05) is 0 Å². The molecule has 0 fully saturated rings. The van der Waals surface area contributed by atoms with Gasteiger partial charge < -0.3 is 0 Å². The predicted octanol–water partition coefficient (Wildman–Crippen LogP) is 8.63. The van der Waals surface area contributed by atoms with Crippen LogP contribution >= 0.6 is 15.8 Å².